The highest BCUT2D eigenvalue weighted by Crippen LogP contribution is 2.24. The summed E-state index contributed by atoms with van der Waals surface area (Å²) < 4.78 is 0. The van der Waals surface area contributed by atoms with Crippen LogP contribution in [0, 0.1) is 5.92 Å². The van der Waals surface area contributed by atoms with Crippen LogP contribution in [0.15, 0.2) is 47.1 Å². The minimum Gasteiger partial charge on any atom is -0.298 e. The molecule has 21 heavy (non-hydrogen) atoms. The maximum atomic E-state index is 11.0. The van der Waals surface area contributed by atoms with Gasteiger partial charge in [0.05, 0.1) is 0 Å². The standard InChI is InChI=1S/C20H30O/c1-16-7-5-9-17(2)11-13-20(19(4)15-21)14-12-18(3)10-6-8-16/h7,10-11,15,20H,4-6,8-9,12-14H2,1-3H3/b16-7-,17-11+,18-10-/t20-/m0/s1. The fourth-order valence-corrected chi connectivity index (χ4v) is 2.69. The van der Waals surface area contributed by atoms with Crippen LogP contribution in [0.1, 0.15) is 65.7 Å². The quantitative estimate of drug-likeness (QED) is 0.349. The lowest BCUT2D eigenvalue weighted by Gasteiger charge is -2.15. The summed E-state index contributed by atoms with van der Waals surface area (Å²) in [5.74, 6) is 0.293. The van der Waals surface area contributed by atoms with Crippen molar-refractivity contribution < 1.29 is 4.79 Å². The summed E-state index contributed by atoms with van der Waals surface area (Å²) in [6, 6.07) is 0. The van der Waals surface area contributed by atoms with Gasteiger partial charge in [-0.3, -0.25) is 4.79 Å². The maximum Gasteiger partial charge on any atom is 0.145 e. The molecular formula is C20H30O. The molecule has 1 rings (SSSR count). The Morgan fingerprint density at radius 1 is 1.00 bits per heavy atom. The highest BCUT2D eigenvalue weighted by atomic mass is 16.1. The summed E-state index contributed by atoms with van der Waals surface area (Å²) in [5, 5.41) is 0. The second-order valence-corrected chi connectivity index (χ2v) is 6.39. The van der Waals surface area contributed by atoms with Gasteiger partial charge in [0.25, 0.3) is 0 Å². The van der Waals surface area contributed by atoms with E-state index in [9.17, 15) is 4.79 Å². The zero-order valence-corrected chi connectivity index (χ0v) is 14.0. The first-order valence-electron chi connectivity index (χ1n) is 8.13. The van der Waals surface area contributed by atoms with Crippen LogP contribution in [0.4, 0.5) is 0 Å². The lowest BCUT2D eigenvalue weighted by atomic mass is 9.89. The topological polar surface area (TPSA) is 17.1 Å². The molecule has 0 fully saturated rings. The normalized spacial score (nSPS) is 29.9. The second kappa shape index (κ2) is 9.55. The van der Waals surface area contributed by atoms with Crippen molar-refractivity contribution in [3.8, 4) is 0 Å². The van der Waals surface area contributed by atoms with E-state index in [1.807, 2.05) is 0 Å². The molecule has 1 heteroatoms. The Balaban J connectivity index is 2.82. The van der Waals surface area contributed by atoms with Crippen LogP contribution in [0.3, 0.4) is 0 Å². The predicted octanol–water partition coefficient (Wildman–Crippen LogP) is 5.94. The van der Waals surface area contributed by atoms with Crippen LogP contribution in [0.2, 0.25) is 0 Å². The van der Waals surface area contributed by atoms with E-state index in [1.54, 1.807) is 0 Å². The van der Waals surface area contributed by atoms with E-state index in [1.165, 1.54) is 16.7 Å². The van der Waals surface area contributed by atoms with E-state index in [0.717, 1.165) is 56.8 Å². The third-order valence-corrected chi connectivity index (χ3v) is 4.38. The number of hydrogen-bond donors (Lipinski definition) is 0. The van der Waals surface area contributed by atoms with Crippen LogP contribution in [-0.2, 0) is 4.79 Å². The van der Waals surface area contributed by atoms with Crippen molar-refractivity contribution in [1.82, 2.24) is 0 Å². The zero-order chi connectivity index (χ0) is 15.7. The Bertz CT molecular complexity index is 448. The molecule has 0 aromatic heterocycles. The fourth-order valence-electron chi connectivity index (χ4n) is 2.69. The third-order valence-electron chi connectivity index (χ3n) is 4.38. The number of rotatable bonds is 2. The van der Waals surface area contributed by atoms with Gasteiger partial charge in [0, 0.05) is 0 Å². The minimum atomic E-state index is 0.293. The Kier molecular flexibility index (Phi) is 8.04. The van der Waals surface area contributed by atoms with Gasteiger partial charge in [0.2, 0.25) is 0 Å². The molecule has 0 saturated heterocycles. The molecule has 0 bridgehead atoms. The zero-order valence-electron chi connectivity index (χ0n) is 14.0. The van der Waals surface area contributed by atoms with Crippen LogP contribution in [0.5, 0.6) is 0 Å². The summed E-state index contributed by atoms with van der Waals surface area (Å²) >= 11 is 0. The highest BCUT2D eigenvalue weighted by molar-refractivity contribution is 5.72. The minimum absolute atomic E-state index is 0.293. The predicted molar refractivity (Wildman–Crippen MR) is 92.3 cm³/mol. The van der Waals surface area contributed by atoms with Crippen LogP contribution in [-0.4, -0.2) is 6.29 Å². The molecule has 0 spiro atoms. The van der Waals surface area contributed by atoms with Crippen LogP contribution < -0.4 is 0 Å². The molecule has 0 aromatic carbocycles. The van der Waals surface area contributed by atoms with E-state index in [2.05, 4.69) is 45.6 Å². The summed E-state index contributed by atoms with van der Waals surface area (Å²) in [6.07, 6.45) is 15.5. The average Bonchev–Trinajstić information content (AvgIpc) is 2.45. The molecule has 0 N–H and O–H groups in total. The molecule has 0 heterocycles. The van der Waals surface area contributed by atoms with Gasteiger partial charge in [-0.1, -0.05) is 41.5 Å². The van der Waals surface area contributed by atoms with Crippen LogP contribution >= 0.6 is 0 Å². The summed E-state index contributed by atoms with van der Waals surface area (Å²) in [5.41, 5.74) is 5.10. The molecule has 1 aliphatic rings. The number of hydrogen-bond acceptors (Lipinski definition) is 1. The van der Waals surface area contributed by atoms with Crippen molar-refractivity contribution in [3.05, 3.63) is 47.1 Å². The van der Waals surface area contributed by atoms with Crippen molar-refractivity contribution in [2.24, 2.45) is 5.92 Å². The summed E-state index contributed by atoms with van der Waals surface area (Å²) in [4.78, 5) is 11.0. The van der Waals surface area contributed by atoms with Gasteiger partial charge in [0.1, 0.15) is 6.29 Å². The van der Waals surface area contributed by atoms with Crippen LogP contribution in [0.25, 0.3) is 0 Å². The molecule has 116 valence electrons. The Hall–Kier alpha value is -1.37. The molecule has 0 saturated carbocycles. The lowest BCUT2D eigenvalue weighted by molar-refractivity contribution is -0.105. The highest BCUT2D eigenvalue weighted by Gasteiger charge is 2.11. The molecule has 0 radical (unpaired) electrons. The third kappa shape index (κ3) is 7.27. The van der Waals surface area contributed by atoms with E-state index in [0.29, 0.717) is 5.92 Å². The van der Waals surface area contributed by atoms with Gasteiger partial charge >= 0.3 is 0 Å². The number of allylic oxidation sites excluding steroid dienone is 7. The van der Waals surface area contributed by atoms with Gasteiger partial charge < -0.3 is 0 Å². The molecule has 0 unspecified atom stereocenters. The first-order valence-corrected chi connectivity index (χ1v) is 8.13. The van der Waals surface area contributed by atoms with Gasteiger partial charge in [-0.2, -0.15) is 0 Å². The van der Waals surface area contributed by atoms with Gasteiger partial charge in [0.15, 0.2) is 0 Å². The first-order chi connectivity index (χ1) is 10.0. The van der Waals surface area contributed by atoms with Crippen molar-refractivity contribution >= 4 is 6.29 Å². The molecule has 0 amide bonds. The molecular weight excluding hydrogens is 256 g/mol. The van der Waals surface area contributed by atoms with E-state index >= 15 is 0 Å². The van der Waals surface area contributed by atoms with E-state index in [-0.39, 0.29) is 0 Å². The number of aldehydes is 1. The van der Waals surface area contributed by atoms with E-state index < -0.39 is 0 Å². The van der Waals surface area contributed by atoms with Gasteiger partial charge in [-0.25, -0.2) is 0 Å². The average molecular weight is 286 g/mol. The fraction of sp³-hybridized carbons (Fsp3) is 0.550. The Morgan fingerprint density at radius 2 is 1.52 bits per heavy atom. The molecule has 1 atom stereocenters. The van der Waals surface area contributed by atoms with Crippen molar-refractivity contribution in [1.29, 1.82) is 0 Å². The van der Waals surface area contributed by atoms with Crippen molar-refractivity contribution in [2.45, 2.75) is 65.7 Å². The van der Waals surface area contributed by atoms with E-state index in [4.69, 9.17) is 0 Å². The monoisotopic (exact) mass is 286 g/mol. The van der Waals surface area contributed by atoms with Crippen molar-refractivity contribution in [2.75, 3.05) is 0 Å². The maximum absolute atomic E-state index is 11.0. The summed E-state index contributed by atoms with van der Waals surface area (Å²) in [7, 11) is 0. The lowest BCUT2D eigenvalue weighted by Crippen LogP contribution is -2.04. The first kappa shape index (κ1) is 17.7. The Labute approximate surface area is 130 Å². The number of carbonyl (C=O) groups excluding carboxylic acids is 1. The molecule has 0 aromatic rings. The summed E-state index contributed by atoms with van der Waals surface area (Å²) in [6.45, 7) is 10.6. The SMILES string of the molecule is C=C(C=O)[C@H]1C/C=C(\C)CC/C=C(/C)CC/C=C(/C)CC1. The Morgan fingerprint density at radius 3 is 2.10 bits per heavy atom. The number of carbonyl (C=O) groups is 1. The second-order valence-electron chi connectivity index (χ2n) is 6.39. The van der Waals surface area contributed by atoms with Gasteiger partial charge in [-0.15, -0.1) is 0 Å². The largest absolute Gasteiger partial charge is 0.298 e. The molecule has 1 aliphatic carbocycles. The molecule has 0 aliphatic heterocycles. The molecule has 1 nitrogen and oxygen atoms in total. The smallest absolute Gasteiger partial charge is 0.145 e. The van der Waals surface area contributed by atoms with Crippen molar-refractivity contribution in [3.63, 3.8) is 0 Å². The van der Waals surface area contributed by atoms with Gasteiger partial charge in [-0.05, 0) is 77.2 Å².